The van der Waals surface area contributed by atoms with Crippen LogP contribution in [0.2, 0.25) is 0 Å². The fourth-order valence-electron chi connectivity index (χ4n) is 2.93. The zero-order valence-corrected chi connectivity index (χ0v) is 20.4. The van der Waals surface area contributed by atoms with Crippen molar-refractivity contribution in [1.29, 1.82) is 0 Å². The summed E-state index contributed by atoms with van der Waals surface area (Å²) in [7, 11) is -3.85. The lowest BCUT2D eigenvalue weighted by Gasteiger charge is -2.08. The molecule has 176 valence electrons. The van der Waals surface area contributed by atoms with E-state index in [1.54, 1.807) is 41.1 Å². The third-order valence-electron chi connectivity index (χ3n) is 4.86. The number of ether oxygens (including phenoxy) is 1. The van der Waals surface area contributed by atoms with Gasteiger partial charge in [-0.15, -0.1) is 10.2 Å². The van der Waals surface area contributed by atoms with Gasteiger partial charge in [0.05, 0.1) is 11.9 Å². The minimum absolute atomic E-state index is 0.0234. The van der Waals surface area contributed by atoms with Crippen LogP contribution in [0.25, 0.3) is 5.82 Å². The predicted octanol–water partition coefficient (Wildman–Crippen LogP) is 3.60. The summed E-state index contributed by atoms with van der Waals surface area (Å²) in [5.41, 5.74) is 3.35. The molecule has 3 heterocycles. The van der Waals surface area contributed by atoms with Gasteiger partial charge in [-0.3, -0.25) is 9.52 Å². The summed E-state index contributed by atoms with van der Waals surface area (Å²) < 4.78 is 35.0. The topological polar surface area (TPSA) is 141 Å². The molecule has 13 heteroatoms. The average molecular weight is 500 g/mol. The number of aryl methyl sites for hydroxylation is 1. The zero-order chi connectivity index (χ0) is 24.5. The molecule has 11 nitrogen and oxygen atoms in total. The van der Waals surface area contributed by atoms with E-state index < -0.39 is 10.0 Å². The van der Waals surface area contributed by atoms with Gasteiger partial charge in [0.1, 0.15) is 5.75 Å². The summed E-state index contributed by atoms with van der Waals surface area (Å²) in [6, 6.07) is 9.77. The van der Waals surface area contributed by atoms with Crippen LogP contribution in [-0.2, 0) is 14.8 Å². The van der Waals surface area contributed by atoms with Crippen LogP contribution in [0.4, 0.5) is 10.8 Å². The number of anilines is 2. The standard InChI is InChI=1S/C21H21N7O4S2/c1-12-13(2)26-28(14(12)3)18-9-10-19(25-24-18)32-17-7-5-16(6-8-17)27-34(30,31)20-11-22-21(33-20)23-15(4)29/h5-11,27H,1-4H3,(H,22,23,29). The Morgan fingerprint density at radius 3 is 2.38 bits per heavy atom. The minimum atomic E-state index is -3.85. The number of carbonyl (C=O) groups is 1. The summed E-state index contributed by atoms with van der Waals surface area (Å²) in [6.07, 6.45) is 1.19. The van der Waals surface area contributed by atoms with Crippen LogP contribution in [0.1, 0.15) is 23.9 Å². The Morgan fingerprint density at radius 2 is 1.79 bits per heavy atom. The second-order valence-electron chi connectivity index (χ2n) is 7.33. The molecule has 0 bridgehead atoms. The third-order valence-corrected chi connectivity index (χ3v) is 7.61. The molecule has 0 aliphatic carbocycles. The highest BCUT2D eigenvalue weighted by atomic mass is 32.2. The molecular formula is C21H21N7O4S2. The molecule has 34 heavy (non-hydrogen) atoms. The van der Waals surface area contributed by atoms with Gasteiger partial charge in [0, 0.05) is 24.4 Å². The van der Waals surface area contributed by atoms with E-state index in [1.165, 1.54) is 13.1 Å². The van der Waals surface area contributed by atoms with Gasteiger partial charge >= 0.3 is 0 Å². The van der Waals surface area contributed by atoms with Crippen LogP contribution >= 0.6 is 11.3 Å². The van der Waals surface area contributed by atoms with Gasteiger partial charge in [0.2, 0.25) is 11.8 Å². The first-order chi connectivity index (χ1) is 16.1. The Kier molecular flexibility index (Phi) is 6.30. The van der Waals surface area contributed by atoms with Crippen LogP contribution in [0.5, 0.6) is 11.6 Å². The summed E-state index contributed by atoms with van der Waals surface area (Å²) >= 11 is 0.855. The molecule has 4 rings (SSSR count). The Morgan fingerprint density at radius 1 is 1.06 bits per heavy atom. The van der Waals surface area contributed by atoms with E-state index in [4.69, 9.17) is 4.74 Å². The van der Waals surface area contributed by atoms with Crippen molar-refractivity contribution in [3.8, 4) is 17.4 Å². The molecule has 1 aromatic carbocycles. The first-order valence-electron chi connectivity index (χ1n) is 10.0. The number of amides is 1. The maximum atomic E-state index is 12.6. The Bertz CT molecular complexity index is 1440. The molecule has 0 aliphatic heterocycles. The van der Waals surface area contributed by atoms with Crippen LogP contribution in [0, 0.1) is 20.8 Å². The van der Waals surface area contributed by atoms with E-state index in [9.17, 15) is 13.2 Å². The van der Waals surface area contributed by atoms with Crippen molar-refractivity contribution in [3.05, 3.63) is 59.5 Å². The van der Waals surface area contributed by atoms with E-state index in [1.807, 2.05) is 20.8 Å². The normalized spacial score (nSPS) is 11.3. The van der Waals surface area contributed by atoms with Gasteiger partial charge < -0.3 is 10.1 Å². The lowest BCUT2D eigenvalue weighted by Crippen LogP contribution is -2.11. The highest BCUT2D eigenvalue weighted by Crippen LogP contribution is 2.27. The number of carbonyl (C=O) groups excluding carboxylic acids is 1. The van der Waals surface area contributed by atoms with E-state index in [2.05, 4.69) is 30.3 Å². The van der Waals surface area contributed by atoms with Crippen LogP contribution in [0.15, 0.2) is 46.8 Å². The molecule has 0 saturated carbocycles. The highest BCUT2D eigenvalue weighted by Gasteiger charge is 2.19. The lowest BCUT2D eigenvalue weighted by atomic mass is 10.2. The molecule has 3 aromatic heterocycles. The maximum absolute atomic E-state index is 12.6. The van der Waals surface area contributed by atoms with Crippen LogP contribution in [0.3, 0.4) is 0 Å². The fraction of sp³-hybridized carbons (Fsp3) is 0.190. The van der Waals surface area contributed by atoms with E-state index in [0.29, 0.717) is 17.3 Å². The Labute approximate surface area is 199 Å². The molecule has 0 radical (unpaired) electrons. The summed E-state index contributed by atoms with van der Waals surface area (Å²) in [5, 5.41) is 15.4. The average Bonchev–Trinajstić information content (AvgIpc) is 3.36. The number of nitrogens with one attached hydrogen (secondary N) is 2. The van der Waals surface area contributed by atoms with Crippen LogP contribution < -0.4 is 14.8 Å². The van der Waals surface area contributed by atoms with Gasteiger partial charge in [-0.05, 0) is 56.7 Å². The lowest BCUT2D eigenvalue weighted by molar-refractivity contribution is -0.114. The zero-order valence-electron chi connectivity index (χ0n) is 18.7. The molecular weight excluding hydrogens is 478 g/mol. The molecule has 4 aromatic rings. The molecule has 0 fully saturated rings. The van der Waals surface area contributed by atoms with Crippen molar-refractivity contribution < 1.29 is 17.9 Å². The number of hydrogen-bond donors (Lipinski definition) is 2. The van der Waals surface area contributed by atoms with Crippen molar-refractivity contribution in [2.45, 2.75) is 31.9 Å². The number of sulfonamides is 1. The molecule has 1 amide bonds. The first kappa shape index (κ1) is 23.3. The quantitative estimate of drug-likeness (QED) is 0.393. The second-order valence-corrected chi connectivity index (χ2v) is 10.3. The van der Waals surface area contributed by atoms with E-state index in [-0.39, 0.29) is 21.1 Å². The second kappa shape index (κ2) is 9.19. The number of benzene rings is 1. The fourth-order valence-corrected chi connectivity index (χ4v) is 5.07. The third kappa shape index (κ3) is 5.05. The monoisotopic (exact) mass is 499 g/mol. The van der Waals surface area contributed by atoms with Gasteiger partial charge in [0.15, 0.2) is 15.2 Å². The number of nitrogens with zero attached hydrogens (tertiary/aromatic N) is 5. The Balaban J connectivity index is 1.42. The summed E-state index contributed by atoms with van der Waals surface area (Å²) in [6.45, 7) is 7.23. The molecule has 2 N–H and O–H groups in total. The molecule has 0 unspecified atom stereocenters. The van der Waals surface area contributed by atoms with Gasteiger partial charge in [-0.2, -0.15) is 5.10 Å². The van der Waals surface area contributed by atoms with Crippen LogP contribution in [-0.4, -0.2) is 39.3 Å². The molecule has 0 aliphatic rings. The predicted molar refractivity (Wildman–Crippen MR) is 127 cm³/mol. The number of aromatic nitrogens is 5. The van der Waals surface area contributed by atoms with E-state index >= 15 is 0 Å². The van der Waals surface area contributed by atoms with Gasteiger partial charge in [-0.25, -0.2) is 18.1 Å². The smallest absolute Gasteiger partial charge is 0.273 e. The molecule has 0 spiro atoms. The number of hydrogen-bond acceptors (Lipinski definition) is 9. The first-order valence-corrected chi connectivity index (χ1v) is 12.3. The van der Waals surface area contributed by atoms with Crippen molar-refractivity contribution >= 4 is 38.1 Å². The number of thiazole rings is 1. The SMILES string of the molecule is CC(=O)Nc1ncc(S(=O)(=O)Nc2ccc(Oc3ccc(-n4nc(C)c(C)c4C)nn3)cc2)s1. The van der Waals surface area contributed by atoms with E-state index in [0.717, 1.165) is 28.3 Å². The van der Waals surface area contributed by atoms with Crippen molar-refractivity contribution in [2.24, 2.45) is 0 Å². The van der Waals surface area contributed by atoms with Crippen molar-refractivity contribution in [2.75, 3.05) is 10.0 Å². The highest BCUT2D eigenvalue weighted by molar-refractivity contribution is 7.94. The minimum Gasteiger partial charge on any atom is -0.438 e. The summed E-state index contributed by atoms with van der Waals surface area (Å²) in [5.74, 6) is 0.988. The van der Waals surface area contributed by atoms with Gasteiger partial charge in [0.25, 0.3) is 10.0 Å². The summed E-state index contributed by atoms with van der Waals surface area (Å²) in [4.78, 5) is 15.0. The van der Waals surface area contributed by atoms with Crippen molar-refractivity contribution in [3.63, 3.8) is 0 Å². The molecule has 0 saturated heterocycles. The largest absolute Gasteiger partial charge is 0.438 e. The number of rotatable bonds is 7. The molecule has 0 atom stereocenters. The van der Waals surface area contributed by atoms with Crippen molar-refractivity contribution in [1.82, 2.24) is 25.0 Å². The Hall–Kier alpha value is -3.84. The van der Waals surface area contributed by atoms with Gasteiger partial charge in [-0.1, -0.05) is 11.3 Å². The maximum Gasteiger partial charge on any atom is 0.273 e.